The van der Waals surface area contributed by atoms with E-state index in [1.54, 1.807) is 29.1 Å². The van der Waals surface area contributed by atoms with Crippen LogP contribution in [0.25, 0.3) is 5.69 Å². The van der Waals surface area contributed by atoms with Gasteiger partial charge in [0.25, 0.3) is 0 Å². The number of ether oxygens (including phenoxy) is 1. The first-order chi connectivity index (χ1) is 14.6. The van der Waals surface area contributed by atoms with E-state index in [2.05, 4.69) is 15.2 Å². The molecule has 1 fully saturated rings. The van der Waals surface area contributed by atoms with Crippen molar-refractivity contribution < 1.29 is 13.9 Å². The first-order valence-corrected chi connectivity index (χ1v) is 10.7. The molecule has 2 aromatic carbocycles. The Labute approximate surface area is 179 Å². The van der Waals surface area contributed by atoms with Gasteiger partial charge in [-0.05, 0) is 49.4 Å². The lowest BCUT2D eigenvalue weighted by Crippen LogP contribution is -2.36. The van der Waals surface area contributed by atoms with Gasteiger partial charge in [-0.2, -0.15) is 0 Å². The van der Waals surface area contributed by atoms with Gasteiger partial charge in [0.1, 0.15) is 5.82 Å². The Bertz CT molecular complexity index is 1000. The summed E-state index contributed by atoms with van der Waals surface area (Å²) in [6.45, 7) is 5.04. The van der Waals surface area contributed by atoms with Crippen LogP contribution < -0.4 is 10.2 Å². The SMILES string of the molecule is CC(Sc1nccn1-c1cccc(F)c1)C(=O)Nc1ccc(N2CCOCC2)cc1. The van der Waals surface area contributed by atoms with Gasteiger partial charge < -0.3 is 15.0 Å². The minimum Gasteiger partial charge on any atom is -0.378 e. The highest BCUT2D eigenvalue weighted by molar-refractivity contribution is 8.00. The number of rotatable bonds is 6. The molecular weight excluding hydrogens is 403 g/mol. The Morgan fingerprint density at radius 2 is 1.93 bits per heavy atom. The van der Waals surface area contributed by atoms with E-state index in [1.165, 1.54) is 23.9 Å². The molecule has 30 heavy (non-hydrogen) atoms. The molecule has 1 N–H and O–H groups in total. The number of nitrogens with zero attached hydrogens (tertiary/aromatic N) is 3. The van der Waals surface area contributed by atoms with E-state index in [9.17, 15) is 9.18 Å². The van der Waals surface area contributed by atoms with Crippen molar-refractivity contribution in [2.45, 2.75) is 17.3 Å². The maximum atomic E-state index is 13.6. The monoisotopic (exact) mass is 426 g/mol. The molecule has 0 spiro atoms. The number of thioether (sulfide) groups is 1. The van der Waals surface area contributed by atoms with E-state index < -0.39 is 0 Å². The molecule has 0 saturated carbocycles. The Balaban J connectivity index is 1.38. The second kappa shape index (κ2) is 9.32. The molecule has 1 saturated heterocycles. The van der Waals surface area contributed by atoms with Gasteiger partial charge in [0.2, 0.25) is 5.91 Å². The van der Waals surface area contributed by atoms with Crippen molar-refractivity contribution in [3.63, 3.8) is 0 Å². The van der Waals surface area contributed by atoms with Gasteiger partial charge in [0.05, 0.1) is 24.2 Å². The first kappa shape index (κ1) is 20.4. The molecule has 6 nitrogen and oxygen atoms in total. The Morgan fingerprint density at radius 1 is 1.17 bits per heavy atom. The van der Waals surface area contributed by atoms with E-state index in [4.69, 9.17) is 4.74 Å². The highest BCUT2D eigenvalue weighted by Crippen LogP contribution is 2.26. The number of anilines is 2. The molecule has 1 amide bonds. The van der Waals surface area contributed by atoms with Gasteiger partial charge in [-0.3, -0.25) is 9.36 Å². The number of benzene rings is 2. The van der Waals surface area contributed by atoms with E-state index in [1.807, 2.05) is 31.2 Å². The zero-order valence-corrected chi connectivity index (χ0v) is 17.4. The quantitative estimate of drug-likeness (QED) is 0.605. The minimum atomic E-state index is -0.376. The molecule has 1 aliphatic rings. The molecule has 1 aromatic heterocycles. The molecule has 156 valence electrons. The molecule has 2 heterocycles. The number of carbonyl (C=O) groups is 1. The molecule has 0 aliphatic carbocycles. The molecule has 1 atom stereocenters. The number of hydrogen-bond donors (Lipinski definition) is 1. The number of aromatic nitrogens is 2. The number of nitrogens with one attached hydrogen (secondary N) is 1. The van der Waals surface area contributed by atoms with Crippen LogP contribution in [0.5, 0.6) is 0 Å². The number of amides is 1. The highest BCUT2D eigenvalue weighted by atomic mass is 32.2. The lowest BCUT2D eigenvalue weighted by molar-refractivity contribution is -0.115. The van der Waals surface area contributed by atoms with E-state index >= 15 is 0 Å². The van der Waals surface area contributed by atoms with Gasteiger partial charge in [-0.1, -0.05) is 17.8 Å². The normalized spacial score (nSPS) is 15.1. The fourth-order valence-corrected chi connectivity index (χ4v) is 4.12. The van der Waals surface area contributed by atoms with Crippen molar-refractivity contribution in [2.75, 3.05) is 36.5 Å². The Morgan fingerprint density at radius 3 is 2.67 bits per heavy atom. The van der Waals surface area contributed by atoms with Crippen LogP contribution in [-0.4, -0.2) is 47.0 Å². The summed E-state index contributed by atoms with van der Waals surface area (Å²) in [4.78, 5) is 19.3. The molecule has 3 aromatic rings. The Kier molecular flexibility index (Phi) is 6.35. The zero-order valence-electron chi connectivity index (χ0n) is 16.6. The number of imidazole rings is 1. The average molecular weight is 427 g/mol. The number of morpholine rings is 1. The van der Waals surface area contributed by atoms with Crippen molar-refractivity contribution in [1.29, 1.82) is 0 Å². The van der Waals surface area contributed by atoms with E-state index in [-0.39, 0.29) is 17.0 Å². The number of halogens is 1. The fraction of sp³-hybridized carbons (Fsp3) is 0.273. The lowest BCUT2D eigenvalue weighted by atomic mass is 10.2. The van der Waals surface area contributed by atoms with Crippen LogP contribution in [0.2, 0.25) is 0 Å². The summed E-state index contributed by atoms with van der Waals surface area (Å²) < 4.78 is 20.7. The smallest absolute Gasteiger partial charge is 0.237 e. The van der Waals surface area contributed by atoms with Gasteiger partial charge in [0.15, 0.2) is 5.16 Å². The number of carbonyl (C=O) groups excluding carboxylic acids is 1. The summed E-state index contributed by atoms with van der Waals surface area (Å²) >= 11 is 1.33. The van der Waals surface area contributed by atoms with Crippen LogP contribution in [0.15, 0.2) is 66.1 Å². The number of hydrogen-bond acceptors (Lipinski definition) is 5. The van der Waals surface area contributed by atoms with Crippen molar-refractivity contribution in [3.05, 3.63) is 66.7 Å². The summed E-state index contributed by atoms with van der Waals surface area (Å²) in [6, 6.07) is 14.1. The summed E-state index contributed by atoms with van der Waals surface area (Å²) in [5, 5.41) is 3.21. The molecule has 0 radical (unpaired) electrons. The third-order valence-electron chi connectivity index (χ3n) is 4.86. The van der Waals surface area contributed by atoms with Gasteiger partial charge in [-0.15, -0.1) is 0 Å². The van der Waals surface area contributed by atoms with Crippen LogP contribution in [0.1, 0.15) is 6.92 Å². The summed E-state index contributed by atoms with van der Waals surface area (Å²) in [7, 11) is 0. The summed E-state index contributed by atoms with van der Waals surface area (Å²) in [6.07, 6.45) is 3.40. The van der Waals surface area contributed by atoms with Gasteiger partial charge in [0, 0.05) is 36.9 Å². The third-order valence-corrected chi connectivity index (χ3v) is 5.94. The predicted octanol–water partition coefficient (Wildman–Crippen LogP) is 3.97. The Hall–Kier alpha value is -2.84. The van der Waals surface area contributed by atoms with Crippen molar-refractivity contribution in [2.24, 2.45) is 0 Å². The molecule has 1 aliphatic heterocycles. The standard InChI is InChI=1S/C22H23FN4O2S/c1-16(30-22-24-9-10-27(22)20-4-2-3-17(23)15-20)21(28)25-18-5-7-19(8-6-18)26-11-13-29-14-12-26/h2-10,15-16H,11-14H2,1H3,(H,25,28). The fourth-order valence-electron chi connectivity index (χ4n) is 3.23. The van der Waals surface area contributed by atoms with Crippen molar-refractivity contribution in [1.82, 2.24) is 9.55 Å². The molecule has 8 heteroatoms. The minimum absolute atomic E-state index is 0.118. The third kappa shape index (κ3) is 4.83. The topological polar surface area (TPSA) is 59.4 Å². The maximum absolute atomic E-state index is 13.6. The molecular formula is C22H23FN4O2S. The van der Waals surface area contributed by atoms with Crippen LogP contribution in [0, 0.1) is 5.82 Å². The van der Waals surface area contributed by atoms with Crippen LogP contribution in [0.4, 0.5) is 15.8 Å². The van der Waals surface area contributed by atoms with Crippen LogP contribution in [0.3, 0.4) is 0 Å². The van der Waals surface area contributed by atoms with E-state index in [0.29, 0.717) is 10.8 Å². The molecule has 4 rings (SSSR count). The van der Waals surface area contributed by atoms with Crippen LogP contribution >= 0.6 is 11.8 Å². The van der Waals surface area contributed by atoms with Crippen molar-refractivity contribution in [3.8, 4) is 5.69 Å². The largest absolute Gasteiger partial charge is 0.378 e. The molecule has 0 bridgehead atoms. The highest BCUT2D eigenvalue weighted by Gasteiger charge is 2.18. The zero-order chi connectivity index (χ0) is 20.9. The predicted molar refractivity (Wildman–Crippen MR) is 117 cm³/mol. The van der Waals surface area contributed by atoms with Gasteiger partial charge in [-0.25, -0.2) is 9.37 Å². The van der Waals surface area contributed by atoms with Crippen LogP contribution in [-0.2, 0) is 9.53 Å². The summed E-state index contributed by atoms with van der Waals surface area (Å²) in [5.41, 5.74) is 2.54. The lowest BCUT2D eigenvalue weighted by Gasteiger charge is -2.28. The van der Waals surface area contributed by atoms with E-state index in [0.717, 1.165) is 37.7 Å². The molecule has 1 unspecified atom stereocenters. The average Bonchev–Trinajstić information content (AvgIpc) is 3.23. The van der Waals surface area contributed by atoms with Gasteiger partial charge >= 0.3 is 0 Å². The van der Waals surface area contributed by atoms with Crippen molar-refractivity contribution >= 4 is 29.0 Å². The second-order valence-electron chi connectivity index (χ2n) is 6.96. The first-order valence-electron chi connectivity index (χ1n) is 9.80. The maximum Gasteiger partial charge on any atom is 0.237 e. The second-order valence-corrected chi connectivity index (χ2v) is 8.26. The summed E-state index contributed by atoms with van der Waals surface area (Å²) in [5.74, 6) is -0.434.